The van der Waals surface area contributed by atoms with Crippen LogP contribution >= 0.6 is 12.0 Å². The van der Waals surface area contributed by atoms with Crippen molar-refractivity contribution >= 4 is 51.2 Å². The Labute approximate surface area is 397 Å². The van der Waals surface area contributed by atoms with Crippen molar-refractivity contribution in [3.05, 3.63) is 179 Å². The monoisotopic (exact) mass is 946 g/mol. The highest BCUT2D eigenvalue weighted by molar-refractivity contribution is 7.94. The molecule has 0 unspecified atom stereocenters. The van der Waals surface area contributed by atoms with Gasteiger partial charge in [0.25, 0.3) is 21.8 Å². The fraction of sp³-hybridized carbons (Fsp3) is 0.250. The Balaban J connectivity index is 0.000000264. The van der Waals surface area contributed by atoms with Gasteiger partial charge in [0.2, 0.25) is 5.91 Å². The van der Waals surface area contributed by atoms with Crippen molar-refractivity contribution in [2.75, 3.05) is 10.6 Å². The zero-order valence-corrected chi connectivity index (χ0v) is 39.6. The molecule has 6 aromatic rings. The summed E-state index contributed by atoms with van der Waals surface area (Å²) in [5, 5.41) is 5.52. The second kappa shape index (κ2) is 27.2. The molecular weight excluding hydrogens is 889 g/mol. The first kappa shape index (κ1) is 51.5. The molecule has 5 N–H and O–H groups in total. The molecule has 0 heterocycles. The summed E-state index contributed by atoms with van der Waals surface area (Å²) in [5.74, 6) is 4.70. The number of carbonyl (C=O) groups excluding carboxylic acids is 3. The van der Waals surface area contributed by atoms with E-state index in [2.05, 4.69) is 31.6 Å². The van der Waals surface area contributed by atoms with E-state index in [0.717, 1.165) is 48.0 Å². The number of ether oxygens (including phenoxy) is 2. The van der Waals surface area contributed by atoms with Crippen LogP contribution < -0.4 is 30.7 Å². The maximum Gasteiger partial charge on any atom is 0.266 e. The van der Waals surface area contributed by atoms with E-state index in [1.807, 2.05) is 80.6 Å². The lowest BCUT2D eigenvalue weighted by Crippen LogP contribution is -2.31. The SMILES string of the molecule is CCCCCCCCCC(=O)NS(=O)(=O)c1ccccc1NC(=O)c1cccc(OCc2ccc(C)cc2)c1.Cc1ccc(COc2cccc(C(=O)Nc3ccccc3SOON)c2)cc1. The smallest absolute Gasteiger partial charge is 0.266 e. The lowest BCUT2D eigenvalue weighted by molar-refractivity contribution is -0.195. The molecule has 13 nitrogen and oxygen atoms in total. The fourth-order valence-electron chi connectivity index (χ4n) is 6.55. The molecule has 3 amide bonds. The minimum Gasteiger partial charge on any atom is -0.489 e. The van der Waals surface area contributed by atoms with Crippen molar-refractivity contribution in [1.82, 2.24) is 4.72 Å². The Kier molecular flexibility index (Phi) is 20.9. The first-order valence-electron chi connectivity index (χ1n) is 22.1. The van der Waals surface area contributed by atoms with Gasteiger partial charge in [0.1, 0.15) is 29.6 Å². The van der Waals surface area contributed by atoms with Gasteiger partial charge in [0.05, 0.1) is 28.3 Å². The molecule has 0 aliphatic heterocycles. The third-order valence-electron chi connectivity index (χ3n) is 10.2. The Bertz CT molecular complexity index is 2630. The van der Waals surface area contributed by atoms with Gasteiger partial charge < -0.3 is 20.1 Å². The molecule has 0 saturated carbocycles. The number of nitrogens with two attached hydrogens (primary N) is 1. The van der Waals surface area contributed by atoms with E-state index >= 15 is 0 Å². The normalized spacial score (nSPS) is 10.9. The molecule has 0 spiro atoms. The number of hydrogen-bond acceptors (Lipinski definition) is 11. The maximum absolute atomic E-state index is 13.0. The number of carbonyl (C=O) groups is 3. The average Bonchev–Trinajstić information content (AvgIpc) is 3.33. The molecule has 0 aliphatic carbocycles. The second-order valence-electron chi connectivity index (χ2n) is 15.7. The van der Waals surface area contributed by atoms with Crippen molar-refractivity contribution in [3.63, 3.8) is 0 Å². The van der Waals surface area contributed by atoms with Crippen molar-refractivity contribution < 1.29 is 41.6 Å². The molecule has 15 heteroatoms. The number of unbranched alkanes of at least 4 members (excludes halogenated alkanes) is 6. The van der Waals surface area contributed by atoms with Crippen LogP contribution in [-0.4, -0.2) is 26.1 Å². The van der Waals surface area contributed by atoms with Crippen LogP contribution in [0.25, 0.3) is 0 Å². The summed E-state index contributed by atoms with van der Waals surface area (Å²) < 4.78 is 44.4. The van der Waals surface area contributed by atoms with Gasteiger partial charge in [-0.25, -0.2) is 13.1 Å². The molecular formula is C52H58N4O9S2. The Morgan fingerprint density at radius 3 is 1.63 bits per heavy atom. The molecule has 6 aromatic carbocycles. The van der Waals surface area contributed by atoms with Gasteiger partial charge >= 0.3 is 0 Å². The van der Waals surface area contributed by atoms with Crippen LogP contribution in [0.3, 0.4) is 0 Å². The molecule has 67 heavy (non-hydrogen) atoms. The Hall–Kier alpha value is -6.49. The molecule has 0 aromatic heterocycles. The van der Waals surface area contributed by atoms with Gasteiger partial charge in [-0.3, -0.25) is 14.4 Å². The van der Waals surface area contributed by atoms with E-state index in [1.165, 1.54) is 37.0 Å². The first-order valence-corrected chi connectivity index (χ1v) is 24.3. The minimum atomic E-state index is -4.16. The summed E-state index contributed by atoms with van der Waals surface area (Å²) in [6, 6.07) is 43.0. The third-order valence-corrected chi connectivity index (χ3v) is 12.3. The molecule has 0 saturated heterocycles. The maximum atomic E-state index is 13.0. The topological polar surface area (TPSA) is 184 Å². The van der Waals surface area contributed by atoms with Crippen LogP contribution in [0.5, 0.6) is 11.5 Å². The lowest BCUT2D eigenvalue weighted by Gasteiger charge is -2.13. The number of nitrogens with one attached hydrogen (secondary N) is 3. The zero-order valence-electron chi connectivity index (χ0n) is 38.0. The van der Waals surface area contributed by atoms with E-state index < -0.39 is 21.8 Å². The van der Waals surface area contributed by atoms with E-state index in [0.29, 0.717) is 52.8 Å². The number of aryl methyl sites for hydroxylation is 2. The van der Waals surface area contributed by atoms with Crippen LogP contribution in [0, 0.1) is 13.8 Å². The summed E-state index contributed by atoms with van der Waals surface area (Å²) in [5.41, 5.74) is 5.89. The number of benzene rings is 6. The number of sulfonamides is 1. The van der Waals surface area contributed by atoms with Gasteiger partial charge in [0, 0.05) is 17.5 Å². The highest BCUT2D eigenvalue weighted by atomic mass is 32.2. The number of anilines is 2. The number of amides is 3. The standard InChI is InChI=1S/C31H38N2O5S.C21H20N2O4S/c1-3-4-5-6-7-8-9-17-30(34)33-39(36,37)29-16-11-10-15-28(29)32-31(35)26-13-12-14-27(22-26)38-23-25-20-18-24(2)19-21-25;1-15-9-11-16(12-10-15)14-25-18-6-4-5-17(13-18)21(24)23-19-7-2-3-8-20(19)28-27-26-22/h10-16,18-22H,3-9,17,23H2,1-2H3,(H,32,35)(H,33,34);2-13H,14,22H2,1H3,(H,23,24). The fourth-order valence-corrected chi connectivity index (χ4v) is 8.18. The van der Waals surface area contributed by atoms with Crippen molar-refractivity contribution in [2.45, 2.75) is 95.1 Å². The van der Waals surface area contributed by atoms with E-state index in [9.17, 15) is 22.8 Å². The summed E-state index contributed by atoms with van der Waals surface area (Å²) in [7, 11) is -4.16. The van der Waals surface area contributed by atoms with Gasteiger partial charge in [0.15, 0.2) is 0 Å². The average molecular weight is 947 g/mol. The highest BCUT2D eigenvalue weighted by Crippen LogP contribution is 2.29. The van der Waals surface area contributed by atoms with Crippen LogP contribution in [0.4, 0.5) is 11.4 Å². The van der Waals surface area contributed by atoms with Gasteiger partial charge in [-0.1, -0.05) is 142 Å². The quantitative estimate of drug-likeness (QED) is 0.0207. The first-order chi connectivity index (χ1) is 32.4. The largest absolute Gasteiger partial charge is 0.489 e. The Morgan fingerprint density at radius 2 is 1.07 bits per heavy atom. The van der Waals surface area contributed by atoms with Crippen molar-refractivity contribution in [3.8, 4) is 11.5 Å². The molecule has 0 bridgehead atoms. The van der Waals surface area contributed by atoms with Crippen LogP contribution in [-0.2, 0) is 37.4 Å². The molecule has 0 fully saturated rings. The van der Waals surface area contributed by atoms with Crippen molar-refractivity contribution in [1.29, 1.82) is 0 Å². The van der Waals surface area contributed by atoms with E-state index in [1.54, 1.807) is 66.7 Å². The zero-order chi connectivity index (χ0) is 47.9. The highest BCUT2D eigenvalue weighted by Gasteiger charge is 2.22. The van der Waals surface area contributed by atoms with E-state index in [4.69, 9.17) is 15.4 Å². The number of para-hydroxylation sites is 2. The predicted octanol–water partition coefficient (Wildman–Crippen LogP) is 11.4. The third kappa shape index (κ3) is 17.7. The van der Waals surface area contributed by atoms with Crippen molar-refractivity contribution in [2.24, 2.45) is 5.90 Å². The molecule has 352 valence electrons. The van der Waals surface area contributed by atoms with Crippen LogP contribution in [0.15, 0.2) is 155 Å². The summed E-state index contributed by atoms with van der Waals surface area (Å²) >= 11 is 0.907. The summed E-state index contributed by atoms with van der Waals surface area (Å²) in [6.07, 6.45) is 7.39. The summed E-state index contributed by atoms with van der Waals surface area (Å²) in [4.78, 5) is 42.6. The minimum absolute atomic E-state index is 0.0877. The number of rotatable bonds is 23. The van der Waals surface area contributed by atoms with Crippen LogP contribution in [0.2, 0.25) is 0 Å². The molecule has 0 atom stereocenters. The van der Waals surface area contributed by atoms with Gasteiger partial charge in [-0.2, -0.15) is 5.90 Å². The molecule has 6 rings (SSSR count). The molecule has 0 radical (unpaired) electrons. The van der Waals surface area contributed by atoms with Gasteiger partial charge in [-0.15, -0.1) is 9.32 Å². The second-order valence-corrected chi connectivity index (χ2v) is 18.0. The van der Waals surface area contributed by atoms with Gasteiger partial charge in [-0.05, 0) is 92.1 Å². The van der Waals surface area contributed by atoms with Crippen LogP contribution in [0.1, 0.15) is 101 Å². The Morgan fingerprint density at radius 1 is 0.582 bits per heavy atom. The predicted molar refractivity (Wildman–Crippen MR) is 263 cm³/mol. The summed E-state index contributed by atoms with van der Waals surface area (Å²) in [6.45, 7) is 7.00. The molecule has 0 aliphatic rings. The lowest BCUT2D eigenvalue weighted by atomic mass is 10.1. The number of hydrogen-bond donors (Lipinski definition) is 4. The van der Waals surface area contributed by atoms with E-state index in [-0.39, 0.29) is 22.9 Å².